The van der Waals surface area contributed by atoms with Gasteiger partial charge < -0.3 is 5.32 Å². The average Bonchev–Trinajstić information content (AvgIpc) is 2.17. The second-order valence-corrected chi connectivity index (χ2v) is 6.74. The molecule has 0 aliphatic carbocycles. The zero-order valence-electron chi connectivity index (χ0n) is 9.22. The predicted octanol–water partition coefficient (Wildman–Crippen LogP) is 1.64. The van der Waals surface area contributed by atoms with Gasteiger partial charge in [0.25, 0.3) is 0 Å². The molecule has 0 aliphatic heterocycles. The Labute approximate surface area is 102 Å². The molecule has 92 valence electrons. The van der Waals surface area contributed by atoms with Gasteiger partial charge >= 0.3 is 0 Å². The van der Waals surface area contributed by atoms with Gasteiger partial charge in [0.05, 0.1) is 5.75 Å². The van der Waals surface area contributed by atoms with Crippen molar-refractivity contribution in [3.63, 3.8) is 0 Å². The Hall–Kier alpha value is 0.490. The number of halogens is 2. The van der Waals surface area contributed by atoms with E-state index in [1.165, 1.54) is 0 Å². The number of rotatable bonds is 8. The molecule has 1 N–H and O–H groups in total. The van der Waals surface area contributed by atoms with Gasteiger partial charge in [-0.05, 0) is 13.3 Å². The fourth-order valence-electron chi connectivity index (χ4n) is 1.05. The van der Waals surface area contributed by atoms with Gasteiger partial charge in [0.2, 0.25) is 0 Å². The van der Waals surface area contributed by atoms with Crippen molar-refractivity contribution in [2.45, 2.75) is 25.8 Å². The minimum absolute atomic E-state index is 0.143. The molecule has 0 atom stereocenters. The molecule has 0 aromatic carbocycles. The summed E-state index contributed by atoms with van der Waals surface area (Å²) in [6.45, 7) is 4.13. The molecule has 0 bridgehead atoms. The molecule has 0 spiro atoms. The molecule has 6 heteroatoms. The second-order valence-electron chi connectivity index (χ2n) is 3.91. The lowest BCUT2D eigenvalue weighted by Gasteiger charge is -2.25. The summed E-state index contributed by atoms with van der Waals surface area (Å²) in [7, 11) is -2.92. The van der Waals surface area contributed by atoms with Crippen LogP contribution in [-0.4, -0.2) is 43.8 Å². The maximum absolute atomic E-state index is 11.4. The van der Waals surface area contributed by atoms with Crippen LogP contribution in [0.15, 0.2) is 0 Å². The largest absolute Gasteiger partial charge is 0.308 e. The Morgan fingerprint density at radius 2 is 1.73 bits per heavy atom. The van der Waals surface area contributed by atoms with E-state index in [1.54, 1.807) is 0 Å². The molecule has 0 fully saturated rings. The van der Waals surface area contributed by atoms with Gasteiger partial charge in [-0.2, -0.15) is 0 Å². The Kier molecular flexibility index (Phi) is 7.17. The minimum Gasteiger partial charge on any atom is -0.308 e. The number of sulfone groups is 1. The summed E-state index contributed by atoms with van der Waals surface area (Å²) in [6, 6.07) is 0. The highest BCUT2D eigenvalue weighted by atomic mass is 35.5. The lowest BCUT2D eigenvalue weighted by atomic mass is 10.1. The first kappa shape index (κ1) is 15.5. The third-order valence-corrected chi connectivity index (χ3v) is 5.11. The summed E-state index contributed by atoms with van der Waals surface area (Å²) in [6.07, 6.45) is 0.657. The molecule has 0 heterocycles. The normalized spacial score (nSPS) is 13.1. The van der Waals surface area contributed by atoms with E-state index in [0.29, 0.717) is 24.7 Å². The topological polar surface area (TPSA) is 46.2 Å². The maximum atomic E-state index is 11.4. The second kappa shape index (κ2) is 6.94. The van der Waals surface area contributed by atoms with Crippen LogP contribution < -0.4 is 5.32 Å². The summed E-state index contributed by atoms with van der Waals surface area (Å²) >= 11 is 11.4. The average molecular weight is 276 g/mol. The lowest BCUT2D eigenvalue weighted by molar-refractivity contribution is 0.449. The summed E-state index contributed by atoms with van der Waals surface area (Å²) in [4.78, 5) is 0. The summed E-state index contributed by atoms with van der Waals surface area (Å²) in [5.74, 6) is 1.12. The lowest BCUT2D eigenvalue weighted by Crippen LogP contribution is -2.47. The van der Waals surface area contributed by atoms with E-state index in [4.69, 9.17) is 23.2 Å². The molecule has 0 amide bonds. The fraction of sp³-hybridized carbons (Fsp3) is 1.00. The van der Waals surface area contributed by atoms with Crippen molar-refractivity contribution in [2.75, 3.05) is 29.8 Å². The zero-order chi connectivity index (χ0) is 11.9. The van der Waals surface area contributed by atoms with Crippen molar-refractivity contribution in [3.05, 3.63) is 0 Å². The van der Waals surface area contributed by atoms with Gasteiger partial charge in [-0.1, -0.05) is 6.92 Å². The van der Waals surface area contributed by atoms with Crippen LogP contribution in [-0.2, 0) is 9.84 Å². The zero-order valence-corrected chi connectivity index (χ0v) is 11.6. The first-order valence-corrected chi connectivity index (χ1v) is 7.85. The van der Waals surface area contributed by atoms with Crippen LogP contribution in [0.4, 0.5) is 0 Å². The number of alkyl halides is 2. The molecular weight excluding hydrogens is 257 g/mol. The Bertz CT molecular complexity index is 263. The smallest absolute Gasteiger partial charge is 0.151 e. The van der Waals surface area contributed by atoms with Gasteiger partial charge in [-0.25, -0.2) is 8.42 Å². The molecule has 3 nitrogen and oxygen atoms in total. The number of hydrogen-bond donors (Lipinski definition) is 1. The molecular formula is C9H19Cl2NO2S. The van der Waals surface area contributed by atoms with E-state index < -0.39 is 9.84 Å². The minimum atomic E-state index is -2.92. The first-order valence-electron chi connectivity index (χ1n) is 4.96. The van der Waals surface area contributed by atoms with Crippen molar-refractivity contribution < 1.29 is 8.42 Å². The van der Waals surface area contributed by atoms with Crippen LogP contribution in [0.2, 0.25) is 0 Å². The first-order chi connectivity index (χ1) is 6.89. The third kappa shape index (κ3) is 6.61. The van der Waals surface area contributed by atoms with Crippen molar-refractivity contribution in [3.8, 4) is 0 Å². The number of nitrogens with one attached hydrogen (secondary N) is 1. The van der Waals surface area contributed by atoms with Crippen LogP contribution in [0.25, 0.3) is 0 Å². The van der Waals surface area contributed by atoms with E-state index in [0.717, 1.165) is 0 Å². The van der Waals surface area contributed by atoms with Gasteiger partial charge in [-0.3, -0.25) is 0 Å². The van der Waals surface area contributed by atoms with Gasteiger partial charge in [0, 0.05) is 29.6 Å². The molecule has 0 aromatic heterocycles. The van der Waals surface area contributed by atoms with Crippen molar-refractivity contribution in [2.24, 2.45) is 0 Å². The van der Waals surface area contributed by atoms with Crippen molar-refractivity contribution >= 4 is 33.0 Å². The molecule has 0 rings (SSSR count). The highest BCUT2D eigenvalue weighted by Gasteiger charge is 2.21. The molecule has 0 aromatic rings. The third-order valence-electron chi connectivity index (χ3n) is 2.07. The maximum Gasteiger partial charge on any atom is 0.151 e. The van der Waals surface area contributed by atoms with Crippen molar-refractivity contribution in [1.29, 1.82) is 0 Å². The van der Waals surface area contributed by atoms with E-state index in [1.807, 2.05) is 13.8 Å². The monoisotopic (exact) mass is 275 g/mol. The summed E-state index contributed by atoms with van der Waals surface area (Å²) in [5.41, 5.74) is -0.384. The highest BCUT2D eigenvalue weighted by Crippen LogP contribution is 2.08. The van der Waals surface area contributed by atoms with Gasteiger partial charge in [0.15, 0.2) is 9.84 Å². The number of hydrogen-bond acceptors (Lipinski definition) is 3. The van der Waals surface area contributed by atoms with E-state index in [9.17, 15) is 8.42 Å². The summed E-state index contributed by atoms with van der Waals surface area (Å²) < 4.78 is 22.8. The van der Waals surface area contributed by atoms with Gasteiger partial charge in [-0.15, -0.1) is 23.2 Å². The summed E-state index contributed by atoms with van der Waals surface area (Å²) in [5, 5.41) is 3.07. The van der Waals surface area contributed by atoms with Gasteiger partial charge in [0.1, 0.15) is 0 Å². The Morgan fingerprint density at radius 1 is 1.20 bits per heavy atom. The standard InChI is InChI=1S/C9H19Cl2NO2S/c1-3-5-15(13,14)6-4-12-9(2,7-10)8-11/h12H,3-8H2,1-2H3. The van der Waals surface area contributed by atoms with Crippen LogP contribution in [0, 0.1) is 0 Å². The van der Waals surface area contributed by atoms with E-state index in [2.05, 4.69) is 5.32 Å². The van der Waals surface area contributed by atoms with E-state index in [-0.39, 0.29) is 17.0 Å². The molecule has 0 saturated carbocycles. The van der Waals surface area contributed by atoms with Crippen LogP contribution in [0.1, 0.15) is 20.3 Å². The quantitative estimate of drug-likeness (QED) is 0.685. The van der Waals surface area contributed by atoms with Crippen LogP contribution >= 0.6 is 23.2 Å². The molecule has 15 heavy (non-hydrogen) atoms. The van der Waals surface area contributed by atoms with Crippen LogP contribution in [0.3, 0.4) is 0 Å². The molecule has 0 aliphatic rings. The highest BCUT2D eigenvalue weighted by molar-refractivity contribution is 7.91. The Balaban J connectivity index is 3.98. The van der Waals surface area contributed by atoms with E-state index >= 15 is 0 Å². The Morgan fingerprint density at radius 3 is 2.13 bits per heavy atom. The van der Waals surface area contributed by atoms with Crippen molar-refractivity contribution in [1.82, 2.24) is 5.32 Å². The molecule has 0 saturated heterocycles. The van der Waals surface area contributed by atoms with Crippen LogP contribution in [0.5, 0.6) is 0 Å². The SMILES string of the molecule is CCCS(=O)(=O)CCNC(C)(CCl)CCl. The predicted molar refractivity (Wildman–Crippen MR) is 66.8 cm³/mol. The molecule has 0 unspecified atom stereocenters. The molecule has 0 radical (unpaired) electrons. The fourth-order valence-corrected chi connectivity index (χ4v) is 2.77.